The van der Waals surface area contributed by atoms with E-state index < -0.39 is 23.5 Å². The topological polar surface area (TPSA) is 64.6 Å². The fourth-order valence-corrected chi connectivity index (χ4v) is 1.84. The Morgan fingerprint density at radius 1 is 1.04 bits per heavy atom. The van der Waals surface area contributed by atoms with Crippen LogP contribution >= 0.6 is 0 Å². The zero-order valence-corrected chi connectivity index (χ0v) is 12.8. The first kappa shape index (κ1) is 17.4. The number of nitrogens with one attached hydrogen (secondary N) is 1. The summed E-state index contributed by atoms with van der Waals surface area (Å²) < 4.78 is 35.4. The SMILES string of the molecule is COC(=O)c1ccc(CNC(=O)COc2ccc(F)c(F)c2)cc1. The maximum Gasteiger partial charge on any atom is 0.337 e. The van der Waals surface area contributed by atoms with E-state index in [9.17, 15) is 18.4 Å². The summed E-state index contributed by atoms with van der Waals surface area (Å²) in [5, 5.41) is 2.61. The third-order valence-corrected chi connectivity index (χ3v) is 3.13. The van der Waals surface area contributed by atoms with E-state index in [2.05, 4.69) is 10.1 Å². The quantitative estimate of drug-likeness (QED) is 0.824. The molecule has 0 radical (unpaired) electrons. The number of halogens is 2. The van der Waals surface area contributed by atoms with Gasteiger partial charge < -0.3 is 14.8 Å². The molecule has 0 saturated heterocycles. The van der Waals surface area contributed by atoms with Gasteiger partial charge in [0.1, 0.15) is 5.75 Å². The predicted molar refractivity (Wildman–Crippen MR) is 81.5 cm³/mol. The average Bonchev–Trinajstić information content (AvgIpc) is 2.60. The Kier molecular flexibility index (Phi) is 5.83. The molecule has 126 valence electrons. The lowest BCUT2D eigenvalue weighted by Crippen LogP contribution is -2.28. The maximum atomic E-state index is 13.0. The van der Waals surface area contributed by atoms with Gasteiger partial charge >= 0.3 is 5.97 Å². The molecule has 0 aromatic heterocycles. The van der Waals surface area contributed by atoms with Crippen LogP contribution in [-0.4, -0.2) is 25.6 Å². The van der Waals surface area contributed by atoms with Crippen LogP contribution in [0.1, 0.15) is 15.9 Å². The number of rotatable bonds is 6. The van der Waals surface area contributed by atoms with Crippen molar-refractivity contribution >= 4 is 11.9 Å². The maximum absolute atomic E-state index is 13.0. The van der Waals surface area contributed by atoms with E-state index in [0.29, 0.717) is 5.56 Å². The molecular weight excluding hydrogens is 320 g/mol. The molecule has 0 aliphatic heterocycles. The van der Waals surface area contributed by atoms with E-state index >= 15 is 0 Å². The first-order valence-electron chi connectivity index (χ1n) is 7.01. The lowest BCUT2D eigenvalue weighted by Gasteiger charge is -2.08. The summed E-state index contributed by atoms with van der Waals surface area (Å²) in [4.78, 5) is 23.0. The molecule has 0 saturated carbocycles. The van der Waals surface area contributed by atoms with Crippen LogP contribution in [0.4, 0.5) is 8.78 Å². The molecule has 0 atom stereocenters. The number of methoxy groups -OCH3 is 1. The largest absolute Gasteiger partial charge is 0.484 e. The van der Waals surface area contributed by atoms with Crippen molar-refractivity contribution < 1.29 is 27.8 Å². The van der Waals surface area contributed by atoms with Gasteiger partial charge in [-0.05, 0) is 29.8 Å². The zero-order chi connectivity index (χ0) is 17.5. The summed E-state index contributed by atoms with van der Waals surface area (Å²) in [5.74, 6) is -2.82. The van der Waals surface area contributed by atoms with E-state index in [1.54, 1.807) is 24.3 Å². The third kappa shape index (κ3) is 4.77. The van der Waals surface area contributed by atoms with Crippen molar-refractivity contribution in [2.45, 2.75) is 6.54 Å². The van der Waals surface area contributed by atoms with Gasteiger partial charge in [0.2, 0.25) is 0 Å². The second-order valence-corrected chi connectivity index (χ2v) is 4.83. The van der Waals surface area contributed by atoms with E-state index in [1.165, 1.54) is 13.2 Å². The van der Waals surface area contributed by atoms with Crippen LogP contribution in [0.2, 0.25) is 0 Å². The molecular formula is C17H15F2NO4. The van der Waals surface area contributed by atoms with Crippen LogP contribution in [-0.2, 0) is 16.1 Å². The fraction of sp³-hybridized carbons (Fsp3) is 0.176. The van der Waals surface area contributed by atoms with Crippen molar-refractivity contribution in [2.24, 2.45) is 0 Å². The Labute approximate surface area is 137 Å². The fourth-order valence-electron chi connectivity index (χ4n) is 1.84. The number of carbonyl (C=O) groups excluding carboxylic acids is 2. The molecule has 5 nitrogen and oxygen atoms in total. The number of ether oxygens (including phenoxy) is 2. The van der Waals surface area contributed by atoms with Gasteiger partial charge in [0.25, 0.3) is 5.91 Å². The number of benzene rings is 2. The molecule has 0 aliphatic rings. The summed E-state index contributed by atoms with van der Waals surface area (Å²) in [5.41, 5.74) is 1.19. The van der Waals surface area contributed by atoms with Crippen molar-refractivity contribution in [2.75, 3.05) is 13.7 Å². The smallest absolute Gasteiger partial charge is 0.337 e. The Bertz CT molecular complexity index is 732. The van der Waals surface area contributed by atoms with Crippen LogP contribution in [0.25, 0.3) is 0 Å². The second-order valence-electron chi connectivity index (χ2n) is 4.83. The first-order valence-corrected chi connectivity index (χ1v) is 7.01. The molecule has 0 bridgehead atoms. The van der Waals surface area contributed by atoms with E-state index in [4.69, 9.17) is 4.74 Å². The normalized spacial score (nSPS) is 10.1. The van der Waals surface area contributed by atoms with Gasteiger partial charge in [0.05, 0.1) is 12.7 Å². The minimum atomic E-state index is -1.04. The summed E-state index contributed by atoms with van der Waals surface area (Å²) in [6.07, 6.45) is 0. The minimum Gasteiger partial charge on any atom is -0.484 e. The average molecular weight is 335 g/mol. The van der Waals surface area contributed by atoms with Gasteiger partial charge in [-0.2, -0.15) is 0 Å². The Morgan fingerprint density at radius 2 is 1.75 bits per heavy atom. The molecule has 2 rings (SSSR count). The first-order chi connectivity index (χ1) is 11.5. The molecule has 1 amide bonds. The number of carbonyl (C=O) groups is 2. The molecule has 0 unspecified atom stereocenters. The standard InChI is InChI=1S/C17H15F2NO4/c1-23-17(22)12-4-2-11(3-5-12)9-20-16(21)10-24-13-6-7-14(18)15(19)8-13/h2-8H,9-10H2,1H3,(H,20,21). The molecule has 24 heavy (non-hydrogen) atoms. The van der Waals surface area contributed by atoms with Crippen LogP contribution in [0.3, 0.4) is 0 Å². The van der Waals surface area contributed by atoms with Gasteiger partial charge in [-0.3, -0.25) is 4.79 Å². The van der Waals surface area contributed by atoms with Crippen LogP contribution in [0.15, 0.2) is 42.5 Å². The van der Waals surface area contributed by atoms with E-state index in [-0.39, 0.29) is 18.9 Å². The molecule has 1 N–H and O–H groups in total. The minimum absolute atomic E-state index is 0.0616. The highest BCUT2D eigenvalue weighted by Crippen LogP contribution is 2.15. The van der Waals surface area contributed by atoms with Crippen LogP contribution in [0, 0.1) is 11.6 Å². The molecule has 7 heteroatoms. The number of esters is 1. The van der Waals surface area contributed by atoms with Crippen molar-refractivity contribution in [3.8, 4) is 5.75 Å². The summed E-state index contributed by atoms with van der Waals surface area (Å²) >= 11 is 0. The van der Waals surface area contributed by atoms with E-state index in [0.717, 1.165) is 17.7 Å². The van der Waals surface area contributed by atoms with Crippen molar-refractivity contribution in [3.63, 3.8) is 0 Å². The molecule has 0 fully saturated rings. The highest BCUT2D eigenvalue weighted by molar-refractivity contribution is 5.89. The zero-order valence-electron chi connectivity index (χ0n) is 12.8. The van der Waals surface area contributed by atoms with Crippen molar-refractivity contribution in [1.82, 2.24) is 5.32 Å². The molecule has 2 aromatic carbocycles. The monoisotopic (exact) mass is 335 g/mol. The van der Waals surface area contributed by atoms with Gasteiger partial charge in [-0.1, -0.05) is 12.1 Å². The van der Waals surface area contributed by atoms with Crippen LogP contribution < -0.4 is 10.1 Å². The van der Waals surface area contributed by atoms with Crippen molar-refractivity contribution in [1.29, 1.82) is 0 Å². The molecule has 0 aliphatic carbocycles. The number of hydrogen-bond acceptors (Lipinski definition) is 4. The summed E-state index contributed by atoms with van der Waals surface area (Å²) in [7, 11) is 1.30. The second kappa shape index (κ2) is 8.05. The lowest BCUT2D eigenvalue weighted by molar-refractivity contribution is -0.123. The van der Waals surface area contributed by atoms with Gasteiger partial charge in [0, 0.05) is 12.6 Å². The summed E-state index contributed by atoms with van der Waals surface area (Å²) in [6, 6.07) is 9.57. The Hall–Kier alpha value is -2.96. The van der Waals surface area contributed by atoms with Gasteiger partial charge in [0.15, 0.2) is 18.2 Å². The number of amides is 1. The predicted octanol–water partition coefficient (Wildman–Crippen LogP) is 2.45. The third-order valence-electron chi connectivity index (χ3n) is 3.13. The highest BCUT2D eigenvalue weighted by Gasteiger charge is 2.07. The Morgan fingerprint density at radius 3 is 2.38 bits per heavy atom. The van der Waals surface area contributed by atoms with Crippen LogP contribution in [0.5, 0.6) is 5.75 Å². The molecule has 0 heterocycles. The van der Waals surface area contributed by atoms with Crippen molar-refractivity contribution in [3.05, 3.63) is 65.2 Å². The Balaban J connectivity index is 1.80. The van der Waals surface area contributed by atoms with Gasteiger partial charge in [-0.15, -0.1) is 0 Å². The molecule has 0 spiro atoms. The molecule has 2 aromatic rings. The van der Waals surface area contributed by atoms with E-state index in [1.807, 2.05) is 0 Å². The summed E-state index contributed by atoms with van der Waals surface area (Å²) in [6.45, 7) is -0.0905. The van der Waals surface area contributed by atoms with Gasteiger partial charge in [-0.25, -0.2) is 13.6 Å². The number of hydrogen-bond donors (Lipinski definition) is 1. The lowest BCUT2D eigenvalue weighted by atomic mass is 10.1. The highest BCUT2D eigenvalue weighted by atomic mass is 19.2.